The Bertz CT molecular complexity index is 399. The molecule has 1 aliphatic carbocycles. The molecule has 6 heteroatoms. The fourth-order valence-electron chi connectivity index (χ4n) is 1.94. The van der Waals surface area contributed by atoms with Crippen LogP contribution in [0.3, 0.4) is 0 Å². The number of aryl methyl sites for hydroxylation is 1. The van der Waals surface area contributed by atoms with Gasteiger partial charge in [0.1, 0.15) is 6.33 Å². The lowest BCUT2D eigenvalue weighted by atomic mass is 9.83. The zero-order chi connectivity index (χ0) is 12.4. The van der Waals surface area contributed by atoms with Crippen LogP contribution < -0.4 is 11.1 Å². The van der Waals surface area contributed by atoms with E-state index in [0.29, 0.717) is 12.3 Å². The van der Waals surface area contributed by atoms with Gasteiger partial charge in [-0.15, -0.1) is 0 Å². The first-order valence-electron chi connectivity index (χ1n) is 5.74. The van der Waals surface area contributed by atoms with Crippen molar-refractivity contribution >= 4 is 5.82 Å². The van der Waals surface area contributed by atoms with E-state index >= 15 is 0 Å². The smallest absolute Gasteiger partial charge is 0.186 e. The van der Waals surface area contributed by atoms with Gasteiger partial charge in [0.15, 0.2) is 11.6 Å². The molecule has 0 amide bonds. The van der Waals surface area contributed by atoms with E-state index < -0.39 is 5.82 Å². The summed E-state index contributed by atoms with van der Waals surface area (Å²) in [5, 5.41) is 3.00. The molecular formula is C11H17FN4O. The van der Waals surface area contributed by atoms with Crippen LogP contribution in [0.1, 0.15) is 19.0 Å². The molecule has 1 aliphatic rings. The molecular weight excluding hydrogens is 223 g/mol. The van der Waals surface area contributed by atoms with Crippen LogP contribution in [0, 0.1) is 12.7 Å². The number of aromatic nitrogens is 2. The minimum atomic E-state index is -0.429. The number of hydrogen-bond donors (Lipinski definition) is 2. The van der Waals surface area contributed by atoms with Gasteiger partial charge in [-0.25, -0.2) is 14.4 Å². The maximum atomic E-state index is 13.7. The number of rotatable bonds is 4. The molecule has 0 saturated heterocycles. The van der Waals surface area contributed by atoms with Crippen LogP contribution in [0.5, 0.6) is 0 Å². The van der Waals surface area contributed by atoms with E-state index in [1.165, 1.54) is 6.33 Å². The second kappa shape index (κ2) is 4.93. The molecule has 0 aromatic carbocycles. The van der Waals surface area contributed by atoms with Crippen molar-refractivity contribution in [3.63, 3.8) is 0 Å². The molecule has 0 aliphatic heterocycles. The first kappa shape index (κ1) is 12.2. The number of nitrogens with one attached hydrogen (secondary N) is 1. The highest BCUT2D eigenvalue weighted by Crippen LogP contribution is 2.26. The molecule has 0 radical (unpaired) electrons. The Kier molecular flexibility index (Phi) is 3.54. The second-order valence-corrected chi connectivity index (χ2v) is 4.19. The molecule has 0 bridgehead atoms. The summed E-state index contributed by atoms with van der Waals surface area (Å²) in [7, 11) is 0. The van der Waals surface area contributed by atoms with Gasteiger partial charge in [0, 0.05) is 12.6 Å². The maximum Gasteiger partial charge on any atom is 0.186 e. The highest BCUT2D eigenvalue weighted by Gasteiger charge is 2.40. The summed E-state index contributed by atoms with van der Waals surface area (Å²) in [5.74, 6) is -0.232. The first-order chi connectivity index (χ1) is 8.13. The molecule has 1 aromatic rings. The molecule has 3 atom stereocenters. The van der Waals surface area contributed by atoms with E-state index in [9.17, 15) is 4.39 Å². The summed E-state index contributed by atoms with van der Waals surface area (Å²) in [5.41, 5.74) is 6.19. The molecule has 0 spiro atoms. The standard InChI is InChI=1S/C11H17FN4O/c1-3-17-8-4-7(13)10(8)16-11-9(12)6(2)14-5-15-11/h5,7-8,10H,3-4,13H2,1-2H3,(H,14,15,16). The average Bonchev–Trinajstić information content (AvgIpc) is 2.31. The Morgan fingerprint density at radius 3 is 3.00 bits per heavy atom. The Hall–Kier alpha value is -1.27. The third kappa shape index (κ3) is 2.37. The molecule has 2 rings (SSSR count). The van der Waals surface area contributed by atoms with Crippen LogP contribution >= 0.6 is 0 Å². The van der Waals surface area contributed by atoms with E-state index in [1.807, 2.05) is 6.92 Å². The fourth-order valence-corrected chi connectivity index (χ4v) is 1.94. The Labute approximate surface area is 99.6 Å². The Balaban J connectivity index is 2.07. The fraction of sp³-hybridized carbons (Fsp3) is 0.636. The average molecular weight is 240 g/mol. The van der Waals surface area contributed by atoms with Gasteiger partial charge in [0.25, 0.3) is 0 Å². The summed E-state index contributed by atoms with van der Waals surface area (Å²) >= 11 is 0. The van der Waals surface area contributed by atoms with Crippen molar-refractivity contribution in [2.24, 2.45) is 5.73 Å². The number of anilines is 1. The zero-order valence-corrected chi connectivity index (χ0v) is 9.98. The SMILES string of the molecule is CCOC1CC(N)C1Nc1ncnc(C)c1F. The number of ether oxygens (including phenoxy) is 1. The van der Waals surface area contributed by atoms with Gasteiger partial charge in [-0.2, -0.15) is 0 Å². The van der Waals surface area contributed by atoms with Crippen molar-refractivity contribution in [1.29, 1.82) is 0 Å². The van der Waals surface area contributed by atoms with E-state index in [1.54, 1.807) is 6.92 Å². The predicted octanol–water partition coefficient (Wildman–Crippen LogP) is 0.841. The largest absolute Gasteiger partial charge is 0.376 e. The normalized spacial score (nSPS) is 27.6. The molecule has 3 unspecified atom stereocenters. The molecule has 1 fully saturated rings. The monoisotopic (exact) mass is 240 g/mol. The Morgan fingerprint density at radius 2 is 2.35 bits per heavy atom. The van der Waals surface area contributed by atoms with Crippen molar-refractivity contribution in [2.75, 3.05) is 11.9 Å². The lowest BCUT2D eigenvalue weighted by Crippen LogP contribution is -2.60. The quantitative estimate of drug-likeness (QED) is 0.816. The van der Waals surface area contributed by atoms with Crippen molar-refractivity contribution in [3.8, 4) is 0 Å². The third-order valence-electron chi connectivity index (χ3n) is 3.01. The summed E-state index contributed by atoms with van der Waals surface area (Å²) in [4.78, 5) is 7.66. The van der Waals surface area contributed by atoms with Gasteiger partial charge in [-0.1, -0.05) is 0 Å². The minimum absolute atomic E-state index is 0.0266. The maximum absolute atomic E-state index is 13.7. The topological polar surface area (TPSA) is 73.1 Å². The summed E-state index contributed by atoms with van der Waals surface area (Å²) < 4.78 is 19.2. The van der Waals surface area contributed by atoms with E-state index in [0.717, 1.165) is 6.42 Å². The van der Waals surface area contributed by atoms with Crippen LogP contribution in [0.2, 0.25) is 0 Å². The van der Waals surface area contributed by atoms with Crippen LogP contribution in [-0.4, -0.2) is 34.8 Å². The zero-order valence-electron chi connectivity index (χ0n) is 9.98. The summed E-state index contributed by atoms with van der Waals surface area (Å²) in [6.45, 7) is 4.15. The molecule has 94 valence electrons. The molecule has 1 saturated carbocycles. The lowest BCUT2D eigenvalue weighted by molar-refractivity contribution is -0.0128. The van der Waals surface area contributed by atoms with E-state index in [4.69, 9.17) is 10.5 Å². The molecule has 3 N–H and O–H groups in total. The number of nitrogens with two attached hydrogens (primary N) is 1. The predicted molar refractivity (Wildman–Crippen MR) is 62.1 cm³/mol. The second-order valence-electron chi connectivity index (χ2n) is 4.19. The molecule has 17 heavy (non-hydrogen) atoms. The summed E-state index contributed by atoms with van der Waals surface area (Å²) in [6, 6.07) is -0.111. The third-order valence-corrected chi connectivity index (χ3v) is 3.01. The number of hydrogen-bond acceptors (Lipinski definition) is 5. The van der Waals surface area contributed by atoms with Crippen LogP contribution in [-0.2, 0) is 4.74 Å². The first-order valence-corrected chi connectivity index (χ1v) is 5.74. The van der Waals surface area contributed by atoms with Gasteiger partial charge < -0.3 is 15.8 Å². The highest BCUT2D eigenvalue weighted by molar-refractivity contribution is 5.40. The number of halogens is 1. The van der Waals surface area contributed by atoms with Crippen LogP contribution in [0.15, 0.2) is 6.33 Å². The molecule has 1 aromatic heterocycles. The van der Waals surface area contributed by atoms with E-state index in [-0.39, 0.29) is 24.0 Å². The van der Waals surface area contributed by atoms with Gasteiger partial charge in [0.2, 0.25) is 0 Å². The lowest BCUT2D eigenvalue weighted by Gasteiger charge is -2.42. The van der Waals surface area contributed by atoms with Crippen LogP contribution in [0.25, 0.3) is 0 Å². The highest BCUT2D eigenvalue weighted by atomic mass is 19.1. The van der Waals surface area contributed by atoms with Crippen molar-refractivity contribution in [2.45, 2.75) is 38.5 Å². The summed E-state index contributed by atoms with van der Waals surface area (Å²) in [6.07, 6.45) is 2.15. The van der Waals surface area contributed by atoms with Gasteiger partial charge >= 0.3 is 0 Å². The van der Waals surface area contributed by atoms with Crippen LogP contribution in [0.4, 0.5) is 10.2 Å². The van der Waals surface area contributed by atoms with Gasteiger partial charge in [-0.05, 0) is 20.3 Å². The van der Waals surface area contributed by atoms with E-state index in [2.05, 4.69) is 15.3 Å². The Morgan fingerprint density at radius 1 is 1.59 bits per heavy atom. The van der Waals surface area contributed by atoms with Crippen molar-refractivity contribution in [1.82, 2.24) is 9.97 Å². The van der Waals surface area contributed by atoms with Crippen molar-refractivity contribution in [3.05, 3.63) is 17.8 Å². The number of nitrogens with zero attached hydrogens (tertiary/aromatic N) is 2. The van der Waals surface area contributed by atoms with Gasteiger partial charge in [0.05, 0.1) is 17.8 Å². The minimum Gasteiger partial charge on any atom is -0.376 e. The molecule has 5 nitrogen and oxygen atoms in total. The van der Waals surface area contributed by atoms with Crippen molar-refractivity contribution < 1.29 is 9.13 Å². The van der Waals surface area contributed by atoms with Gasteiger partial charge in [-0.3, -0.25) is 0 Å². The molecule has 1 heterocycles.